The molecule has 2 aromatic heterocycles. The van der Waals surface area contributed by atoms with E-state index >= 15 is 0 Å². The average Bonchev–Trinajstić information content (AvgIpc) is 3.55. The van der Waals surface area contributed by atoms with Crippen molar-refractivity contribution >= 4 is 23.7 Å². The molecule has 0 bridgehead atoms. The highest BCUT2D eigenvalue weighted by Gasteiger charge is 2.22. The number of hydrogen-bond acceptors (Lipinski definition) is 7. The molecule has 3 amide bonds. The highest BCUT2D eigenvalue weighted by molar-refractivity contribution is 7.99. The molecule has 1 aliphatic rings. The standard InChI is InChI=1S/C21H22FN5O4S/c22-15-7-5-14(6-8-15)19-25-26-21(27(19)12-17-4-2-10-31-17)32-13-18(28)24-20(29)23-11-16-3-1-9-30-16/h1,3,5-9,17H,2,4,10-13H2,(H2,23,24,28,29)/t17-/m0/s1. The summed E-state index contributed by atoms with van der Waals surface area (Å²) >= 11 is 1.16. The predicted octanol–water partition coefficient (Wildman–Crippen LogP) is 2.97. The Kier molecular flexibility index (Phi) is 7.17. The van der Waals surface area contributed by atoms with E-state index in [1.54, 1.807) is 24.3 Å². The molecule has 1 aromatic carbocycles. The maximum absolute atomic E-state index is 13.3. The van der Waals surface area contributed by atoms with Gasteiger partial charge in [-0.2, -0.15) is 0 Å². The second kappa shape index (κ2) is 10.4. The van der Waals surface area contributed by atoms with Gasteiger partial charge in [0.1, 0.15) is 11.6 Å². The second-order valence-electron chi connectivity index (χ2n) is 7.16. The van der Waals surface area contributed by atoms with Crippen molar-refractivity contribution in [1.29, 1.82) is 0 Å². The fourth-order valence-corrected chi connectivity index (χ4v) is 4.03. The summed E-state index contributed by atoms with van der Waals surface area (Å²) in [7, 11) is 0. The van der Waals surface area contributed by atoms with Crippen LogP contribution in [0, 0.1) is 5.82 Å². The van der Waals surface area contributed by atoms with E-state index in [9.17, 15) is 14.0 Å². The van der Waals surface area contributed by atoms with Crippen LogP contribution >= 0.6 is 11.8 Å². The number of thioether (sulfide) groups is 1. The van der Waals surface area contributed by atoms with Gasteiger partial charge in [-0.25, -0.2) is 9.18 Å². The molecule has 0 aliphatic carbocycles. The Hall–Kier alpha value is -3.18. The first-order valence-corrected chi connectivity index (χ1v) is 11.1. The summed E-state index contributed by atoms with van der Waals surface area (Å²) in [5.74, 6) is 0.316. The topological polar surface area (TPSA) is 111 Å². The van der Waals surface area contributed by atoms with Crippen molar-refractivity contribution in [3.8, 4) is 11.4 Å². The Morgan fingerprint density at radius 1 is 1.22 bits per heavy atom. The van der Waals surface area contributed by atoms with E-state index in [4.69, 9.17) is 9.15 Å². The highest BCUT2D eigenvalue weighted by atomic mass is 32.2. The molecule has 9 nitrogen and oxygen atoms in total. The summed E-state index contributed by atoms with van der Waals surface area (Å²) in [6.45, 7) is 1.40. The number of benzene rings is 1. The lowest BCUT2D eigenvalue weighted by Gasteiger charge is -2.14. The van der Waals surface area contributed by atoms with Crippen molar-refractivity contribution in [3.05, 3.63) is 54.2 Å². The average molecular weight is 460 g/mol. The minimum atomic E-state index is -0.611. The molecule has 1 aliphatic heterocycles. The van der Waals surface area contributed by atoms with E-state index in [0.717, 1.165) is 24.6 Å². The molecule has 32 heavy (non-hydrogen) atoms. The molecule has 0 spiro atoms. The molecule has 4 rings (SSSR count). The summed E-state index contributed by atoms with van der Waals surface area (Å²) in [6.07, 6.45) is 3.42. The van der Waals surface area contributed by atoms with Crippen molar-refractivity contribution in [1.82, 2.24) is 25.4 Å². The zero-order valence-electron chi connectivity index (χ0n) is 17.1. The van der Waals surface area contributed by atoms with Crippen molar-refractivity contribution in [2.75, 3.05) is 12.4 Å². The third-order valence-corrected chi connectivity index (χ3v) is 5.78. The van der Waals surface area contributed by atoms with Gasteiger partial charge in [-0.05, 0) is 49.2 Å². The number of amides is 3. The van der Waals surface area contributed by atoms with E-state index in [0.29, 0.717) is 35.5 Å². The number of ether oxygens (including phenoxy) is 1. The molecular weight excluding hydrogens is 437 g/mol. The Labute approximate surface area is 187 Å². The Morgan fingerprint density at radius 2 is 2.06 bits per heavy atom. The molecule has 0 radical (unpaired) electrons. The first-order chi connectivity index (χ1) is 15.6. The number of urea groups is 1. The largest absolute Gasteiger partial charge is 0.467 e. The van der Waals surface area contributed by atoms with E-state index in [2.05, 4.69) is 20.8 Å². The van der Waals surface area contributed by atoms with Crippen LogP contribution in [0.5, 0.6) is 0 Å². The van der Waals surface area contributed by atoms with Gasteiger partial charge in [-0.3, -0.25) is 14.7 Å². The molecule has 1 saturated heterocycles. The number of imide groups is 1. The van der Waals surface area contributed by atoms with Crippen LogP contribution in [0.15, 0.2) is 52.2 Å². The summed E-state index contributed by atoms with van der Waals surface area (Å²) in [6, 6.07) is 8.82. The van der Waals surface area contributed by atoms with Crippen LogP contribution in [0.1, 0.15) is 18.6 Å². The van der Waals surface area contributed by atoms with Gasteiger partial charge >= 0.3 is 6.03 Å². The van der Waals surface area contributed by atoms with Gasteiger partial charge in [0.15, 0.2) is 11.0 Å². The lowest BCUT2D eigenvalue weighted by atomic mass is 10.2. The van der Waals surface area contributed by atoms with Crippen molar-refractivity contribution in [2.24, 2.45) is 0 Å². The number of nitrogens with one attached hydrogen (secondary N) is 2. The van der Waals surface area contributed by atoms with Crippen molar-refractivity contribution < 1.29 is 23.1 Å². The monoisotopic (exact) mass is 459 g/mol. The van der Waals surface area contributed by atoms with E-state index in [1.807, 2.05) is 4.57 Å². The molecule has 3 heterocycles. The molecule has 0 saturated carbocycles. The fraction of sp³-hybridized carbons (Fsp3) is 0.333. The number of carbonyl (C=O) groups excluding carboxylic acids is 2. The van der Waals surface area contributed by atoms with Crippen LogP contribution in [0.3, 0.4) is 0 Å². The minimum absolute atomic E-state index is 0.0192. The number of nitrogens with zero attached hydrogens (tertiary/aromatic N) is 3. The van der Waals surface area contributed by atoms with Gasteiger partial charge in [0, 0.05) is 12.2 Å². The summed E-state index contributed by atoms with van der Waals surface area (Å²) < 4.78 is 26.1. The van der Waals surface area contributed by atoms with Crippen molar-refractivity contribution in [2.45, 2.75) is 37.2 Å². The quantitative estimate of drug-likeness (QED) is 0.498. The number of aromatic nitrogens is 3. The predicted molar refractivity (Wildman–Crippen MR) is 114 cm³/mol. The SMILES string of the molecule is O=C(CSc1nnc(-c2ccc(F)cc2)n1C[C@@H]1CCCO1)NC(=O)NCc1ccco1. The number of furan rings is 1. The van der Waals surface area contributed by atoms with E-state index < -0.39 is 11.9 Å². The molecule has 0 unspecified atom stereocenters. The molecular formula is C21H22FN5O4S. The number of rotatable bonds is 8. The lowest BCUT2D eigenvalue weighted by Crippen LogP contribution is -2.39. The normalized spacial score (nSPS) is 15.6. The Bertz CT molecular complexity index is 1050. The molecule has 1 fully saturated rings. The van der Waals surface area contributed by atoms with Gasteiger partial charge in [0.05, 0.1) is 31.2 Å². The maximum atomic E-state index is 13.3. The van der Waals surface area contributed by atoms with Crippen molar-refractivity contribution in [3.63, 3.8) is 0 Å². The van der Waals surface area contributed by atoms with Crippen LogP contribution in [0.25, 0.3) is 11.4 Å². The molecule has 1 atom stereocenters. The molecule has 11 heteroatoms. The first kappa shape index (κ1) is 22.0. The van der Waals surface area contributed by atoms with Gasteiger partial charge < -0.3 is 14.5 Å². The van der Waals surface area contributed by atoms with Crippen LogP contribution in [-0.2, 0) is 22.6 Å². The second-order valence-corrected chi connectivity index (χ2v) is 8.10. The lowest BCUT2D eigenvalue weighted by molar-refractivity contribution is -0.117. The number of hydrogen-bond donors (Lipinski definition) is 2. The van der Waals surface area contributed by atoms with Gasteiger partial charge in [-0.15, -0.1) is 10.2 Å². The van der Waals surface area contributed by atoms with Crippen LogP contribution in [-0.4, -0.2) is 45.2 Å². The van der Waals surface area contributed by atoms with Crippen LogP contribution in [0.4, 0.5) is 9.18 Å². The van der Waals surface area contributed by atoms with Gasteiger partial charge in [0.2, 0.25) is 5.91 Å². The van der Waals surface area contributed by atoms with Crippen LogP contribution in [0.2, 0.25) is 0 Å². The third kappa shape index (κ3) is 5.74. The summed E-state index contributed by atoms with van der Waals surface area (Å²) in [5.41, 5.74) is 0.713. The zero-order chi connectivity index (χ0) is 22.3. The van der Waals surface area contributed by atoms with Gasteiger partial charge in [-0.1, -0.05) is 11.8 Å². The van der Waals surface area contributed by atoms with E-state index in [1.165, 1.54) is 18.4 Å². The summed E-state index contributed by atoms with van der Waals surface area (Å²) in [4.78, 5) is 24.1. The summed E-state index contributed by atoms with van der Waals surface area (Å²) in [5, 5.41) is 13.8. The van der Waals surface area contributed by atoms with Crippen LogP contribution < -0.4 is 10.6 Å². The third-order valence-electron chi connectivity index (χ3n) is 4.82. The fourth-order valence-electron chi connectivity index (χ4n) is 3.28. The highest BCUT2D eigenvalue weighted by Crippen LogP contribution is 2.26. The number of carbonyl (C=O) groups is 2. The maximum Gasteiger partial charge on any atom is 0.321 e. The number of halogens is 1. The Morgan fingerprint density at radius 3 is 2.78 bits per heavy atom. The minimum Gasteiger partial charge on any atom is -0.467 e. The van der Waals surface area contributed by atoms with E-state index in [-0.39, 0.29) is 24.2 Å². The smallest absolute Gasteiger partial charge is 0.321 e. The first-order valence-electron chi connectivity index (χ1n) is 10.1. The molecule has 3 aromatic rings. The molecule has 168 valence electrons. The Balaban J connectivity index is 1.39. The zero-order valence-corrected chi connectivity index (χ0v) is 17.9. The molecule has 2 N–H and O–H groups in total. The van der Waals surface area contributed by atoms with Gasteiger partial charge in [0.25, 0.3) is 0 Å².